The molecule has 0 spiro atoms. The summed E-state index contributed by atoms with van der Waals surface area (Å²) in [5.41, 5.74) is 0. The van der Waals surface area contributed by atoms with Crippen LogP contribution in [0.5, 0.6) is 0 Å². The first-order valence-corrected chi connectivity index (χ1v) is 9.56. The van der Waals surface area contributed by atoms with E-state index in [9.17, 15) is 0 Å². The maximum absolute atomic E-state index is 4.81. The van der Waals surface area contributed by atoms with Crippen molar-refractivity contribution in [3.05, 3.63) is 60.7 Å². The van der Waals surface area contributed by atoms with Crippen molar-refractivity contribution in [1.82, 2.24) is 0 Å². The molecule has 0 aliphatic heterocycles. The zero-order valence-electron chi connectivity index (χ0n) is 8.70. The summed E-state index contributed by atoms with van der Waals surface area (Å²) in [6.45, 7) is 0. The Morgan fingerprint density at radius 1 is 0.706 bits per heavy atom. The average molecular weight is 419 g/mol. The predicted octanol–water partition coefficient (Wildman–Crippen LogP) is 3.69. The molecule has 0 bridgehead atoms. The molecule has 0 N–H and O–H groups in total. The molecule has 0 aliphatic rings. The van der Waals surface area contributed by atoms with Crippen molar-refractivity contribution < 1.29 is 33.0 Å². The van der Waals surface area contributed by atoms with Crippen LogP contribution >= 0.6 is 27.6 Å². The van der Waals surface area contributed by atoms with Crippen LogP contribution in [0.4, 0.5) is 0 Å². The fourth-order valence-corrected chi connectivity index (χ4v) is 2.26. The Labute approximate surface area is 131 Å². The number of halogens is 2. The Morgan fingerprint density at radius 2 is 1.00 bits per heavy atom. The van der Waals surface area contributed by atoms with Gasteiger partial charge in [-0.3, -0.25) is 0 Å². The molecule has 2 aromatic carbocycles. The van der Waals surface area contributed by atoms with Crippen LogP contribution in [0.1, 0.15) is 0 Å². The van der Waals surface area contributed by atoms with Gasteiger partial charge in [0.2, 0.25) is 0 Å². The zero-order chi connectivity index (χ0) is 11.6. The fourth-order valence-electron chi connectivity index (χ4n) is 1.21. The van der Waals surface area contributed by atoms with Gasteiger partial charge in [-0.1, -0.05) is 69.2 Å². The van der Waals surface area contributed by atoms with E-state index in [1.54, 1.807) is 0 Å². The first kappa shape index (κ1) is 17.6. The van der Waals surface area contributed by atoms with Crippen LogP contribution in [-0.4, -0.2) is 0 Å². The van der Waals surface area contributed by atoms with E-state index in [0.717, 1.165) is 8.58 Å². The van der Waals surface area contributed by atoms with Crippen molar-refractivity contribution in [3.63, 3.8) is 0 Å². The topological polar surface area (TPSA) is 0 Å². The van der Waals surface area contributed by atoms with Gasteiger partial charge in [0, 0.05) is 17.1 Å². The Balaban J connectivity index is 0.000000583. The monoisotopic (exact) mass is 418 g/mol. The molecule has 5 heteroatoms. The number of hydrogen-bond acceptors (Lipinski definition) is 0. The molecule has 0 heterocycles. The molecular formula is C12H11Cl2FePPd. The van der Waals surface area contributed by atoms with Crippen molar-refractivity contribution in [2.24, 2.45) is 0 Å². The van der Waals surface area contributed by atoms with Crippen LogP contribution in [0.2, 0.25) is 0 Å². The van der Waals surface area contributed by atoms with Gasteiger partial charge in [-0.05, 0) is 10.6 Å². The van der Waals surface area contributed by atoms with E-state index in [0.29, 0.717) is 0 Å². The standard InChI is InChI=1S/C12H11P.2ClH.Fe.Pd/c1-3-7-11(8-4-1)13-12-9-5-2-6-10-12;;;;/h1-10,13H;2*1H;;/q;;;;+2/p-2. The second kappa shape index (κ2) is 11.7. The first-order valence-electron chi connectivity index (χ1n) is 4.56. The minimum Gasteiger partial charge on any atom is -0.0622 e. The molecule has 0 saturated carbocycles. The molecule has 0 nitrogen and oxygen atoms in total. The van der Waals surface area contributed by atoms with Gasteiger partial charge >= 0.3 is 35.0 Å². The van der Waals surface area contributed by atoms with Crippen molar-refractivity contribution in [2.75, 3.05) is 0 Å². The zero-order valence-corrected chi connectivity index (χ0v) is 13.9. The second-order valence-electron chi connectivity index (χ2n) is 2.90. The first-order chi connectivity index (χ1) is 7.86. The van der Waals surface area contributed by atoms with Gasteiger partial charge in [-0.25, -0.2) is 0 Å². The van der Waals surface area contributed by atoms with Crippen molar-refractivity contribution in [1.29, 1.82) is 0 Å². The minimum atomic E-state index is -0.106. The Kier molecular flexibility index (Phi) is 12.1. The molecule has 17 heavy (non-hydrogen) atoms. The summed E-state index contributed by atoms with van der Waals surface area (Å²) in [4.78, 5) is 0. The van der Waals surface area contributed by atoms with E-state index < -0.39 is 0 Å². The quantitative estimate of drug-likeness (QED) is 0.515. The molecule has 0 saturated heterocycles. The van der Waals surface area contributed by atoms with Crippen molar-refractivity contribution in [3.8, 4) is 0 Å². The predicted molar refractivity (Wildman–Crippen MR) is 72.2 cm³/mol. The molecule has 96 valence electrons. The molecule has 0 fully saturated rings. The average Bonchev–Trinajstić information content (AvgIpc) is 2.33. The molecule has 0 aromatic heterocycles. The SMILES string of the molecule is [Cl][Pd][Cl].[Fe].c1ccc(Pc2ccccc2)cc1. The summed E-state index contributed by atoms with van der Waals surface area (Å²) in [5, 5.41) is 2.79. The Hall–Kier alpha value is 0.632. The van der Waals surface area contributed by atoms with Crippen molar-refractivity contribution in [2.45, 2.75) is 0 Å². The minimum absolute atomic E-state index is 0. The Morgan fingerprint density at radius 3 is 1.29 bits per heavy atom. The third-order valence-corrected chi connectivity index (χ3v) is 3.08. The summed E-state index contributed by atoms with van der Waals surface area (Å²) in [6, 6.07) is 21.2. The maximum atomic E-state index is 4.81. The van der Waals surface area contributed by atoms with E-state index >= 15 is 0 Å². The summed E-state index contributed by atoms with van der Waals surface area (Å²) in [7, 11) is 10.4. The van der Waals surface area contributed by atoms with Crippen LogP contribution in [0.15, 0.2) is 60.7 Å². The van der Waals surface area contributed by atoms with Gasteiger partial charge in [0.25, 0.3) is 0 Å². The summed E-state index contributed by atoms with van der Waals surface area (Å²) >= 11 is -0.106. The van der Waals surface area contributed by atoms with E-state index in [1.165, 1.54) is 10.6 Å². The molecule has 0 radical (unpaired) electrons. The van der Waals surface area contributed by atoms with Gasteiger partial charge in [0.1, 0.15) is 0 Å². The smallest absolute Gasteiger partial charge is 0 e. The molecule has 2 aromatic rings. The second-order valence-corrected chi connectivity index (χ2v) is 6.67. The number of hydrogen-bond donors (Lipinski definition) is 0. The van der Waals surface area contributed by atoms with E-state index in [2.05, 4.69) is 60.7 Å². The fraction of sp³-hybridized carbons (Fsp3) is 0. The van der Waals surface area contributed by atoms with Gasteiger partial charge < -0.3 is 0 Å². The summed E-state index contributed by atoms with van der Waals surface area (Å²) in [5.74, 6) is 0. The van der Waals surface area contributed by atoms with Crippen LogP contribution in [0.3, 0.4) is 0 Å². The number of rotatable bonds is 2. The van der Waals surface area contributed by atoms with Crippen LogP contribution in [0.25, 0.3) is 0 Å². The van der Waals surface area contributed by atoms with Gasteiger partial charge in [-0.15, -0.1) is 0 Å². The molecule has 2 rings (SSSR count). The van der Waals surface area contributed by atoms with Crippen LogP contribution < -0.4 is 10.6 Å². The largest absolute Gasteiger partial charge is 0.0622 e. The van der Waals surface area contributed by atoms with E-state index in [1.807, 2.05) is 0 Å². The van der Waals surface area contributed by atoms with Crippen LogP contribution in [-0.2, 0) is 33.0 Å². The maximum Gasteiger partial charge on any atom is 0 e. The summed E-state index contributed by atoms with van der Waals surface area (Å²) in [6.07, 6.45) is 0. The third-order valence-electron chi connectivity index (χ3n) is 1.84. The van der Waals surface area contributed by atoms with Gasteiger partial charge in [-0.2, -0.15) is 0 Å². The Bertz CT molecular complexity index is 349. The number of benzene rings is 2. The van der Waals surface area contributed by atoms with Gasteiger partial charge in [0.15, 0.2) is 0 Å². The van der Waals surface area contributed by atoms with Gasteiger partial charge in [0.05, 0.1) is 0 Å². The molecule has 0 aliphatic carbocycles. The molecule has 0 unspecified atom stereocenters. The van der Waals surface area contributed by atoms with E-state index in [-0.39, 0.29) is 33.0 Å². The van der Waals surface area contributed by atoms with Crippen molar-refractivity contribution >= 4 is 38.2 Å². The third kappa shape index (κ3) is 8.36. The molecule has 0 amide bonds. The normalized spacial score (nSPS) is 8.82. The van der Waals surface area contributed by atoms with E-state index in [4.69, 9.17) is 19.1 Å². The molecule has 0 atom stereocenters. The summed E-state index contributed by atoms with van der Waals surface area (Å²) < 4.78 is 0. The van der Waals surface area contributed by atoms with Crippen LogP contribution in [0, 0.1) is 0 Å². The molecular weight excluding hydrogens is 408 g/mol.